The zero-order valence-corrected chi connectivity index (χ0v) is 12.6. The van der Waals surface area contributed by atoms with E-state index in [0.717, 1.165) is 6.07 Å². The van der Waals surface area contributed by atoms with Crippen LogP contribution in [0.5, 0.6) is 0 Å². The van der Waals surface area contributed by atoms with E-state index < -0.39 is 11.8 Å². The summed E-state index contributed by atoms with van der Waals surface area (Å²) in [6, 6.07) is 7.48. The molecule has 0 aliphatic carbocycles. The number of ether oxygens (including phenoxy) is 1. The highest BCUT2D eigenvalue weighted by Crippen LogP contribution is 2.26. The Hall–Kier alpha value is -1.78. The molecule has 2 aromatic carbocycles. The number of esters is 1. The number of benzene rings is 2. The van der Waals surface area contributed by atoms with Gasteiger partial charge >= 0.3 is 5.97 Å². The van der Waals surface area contributed by atoms with Crippen molar-refractivity contribution in [2.45, 2.75) is 13.5 Å². The summed E-state index contributed by atoms with van der Waals surface area (Å²) >= 11 is 11.9. The first-order valence-corrected chi connectivity index (χ1v) is 6.81. The average molecular weight is 328 g/mol. The number of rotatable bonds is 3. The van der Waals surface area contributed by atoms with Gasteiger partial charge in [0, 0.05) is 16.8 Å². The van der Waals surface area contributed by atoms with Crippen LogP contribution in [-0.4, -0.2) is 5.97 Å². The standard InChI is InChI=1S/C15H12Cl2FNO2/c1-8-12(18)5-10(6-13(8)19)15(20)21-7-9-3-2-4-11(16)14(9)17/h2-6H,7,19H2,1H3. The van der Waals surface area contributed by atoms with Crippen molar-refractivity contribution in [3.63, 3.8) is 0 Å². The fourth-order valence-electron chi connectivity index (χ4n) is 1.70. The summed E-state index contributed by atoms with van der Waals surface area (Å²) in [7, 11) is 0. The quantitative estimate of drug-likeness (QED) is 0.672. The van der Waals surface area contributed by atoms with Gasteiger partial charge in [0.25, 0.3) is 0 Å². The molecule has 0 fully saturated rings. The predicted octanol–water partition coefficient (Wildman–Crippen LogP) is 4.38. The lowest BCUT2D eigenvalue weighted by atomic mass is 10.1. The van der Waals surface area contributed by atoms with Crippen molar-refractivity contribution < 1.29 is 13.9 Å². The van der Waals surface area contributed by atoms with Crippen molar-refractivity contribution in [2.24, 2.45) is 0 Å². The first-order valence-electron chi connectivity index (χ1n) is 6.05. The molecule has 0 bridgehead atoms. The van der Waals surface area contributed by atoms with Crippen LogP contribution in [0, 0.1) is 12.7 Å². The van der Waals surface area contributed by atoms with Crippen LogP contribution in [0.25, 0.3) is 0 Å². The van der Waals surface area contributed by atoms with Crippen molar-refractivity contribution >= 4 is 34.9 Å². The maximum atomic E-state index is 13.6. The minimum Gasteiger partial charge on any atom is -0.457 e. The van der Waals surface area contributed by atoms with Gasteiger partial charge in [-0.25, -0.2) is 9.18 Å². The molecule has 2 N–H and O–H groups in total. The monoisotopic (exact) mass is 327 g/mol. The smallest absolute Gasteiger partial charge is 0.338 e. The topological polar surface area (TPSA) is 52.3 Å². The van der Waals surface area contributed by atoms with E-state index in [1.807, 2.05) is 0 Å². The zero-order chi connectivity index (χ0) is 15.6. The maximum absolute atomic E-state index is 13.6. The summed E-state index contributed by atoms with van der Waals surface area (Å²) < 4.78 is 18.6. The molecule has 0 aliphatic heterocycles. The molecule has 0 saturated carbocycles. The third-order valence-corrected chi connectivity index (χ3v) is 3.87. The number of hydrogen-bond donors (Lipinski definition) is 1. The summed E-state index contributed by atoms with van der Waals surface area (Å²) in [5.74, 6) is -1.24. The van der Waals surface area contributed by atoms with Gasteiger partial charge in [-0.1, -0.05) is 35.3 Å². The Labute approximate surface area is 131 Å². The Morgan fingerprint density at radius 3 is 2.71 bits per heavy atom. The Morgan fingerprint density at radius 1 is 1.33 bits per heavy atom. The summed E-state index contributed by atoms with van der Waals surface area (Å²) in [6.07, 6.45) is 0. The molecule has 0 heterocycles. The Morgan fingerprint density at radius 2 is 2.05 bits per heavy atom. The van der Waals surface area contributed by atoms with Crippen LogP contribution in [-0.2, 0) is 11.3 Å². The van der Waals surface area contributed by atoms with E-state index in [0.29, 0.717) is 21.2 Å². The van der Waals surface area contributed by atoms with Gasteiger partial charge in [-0.2, -0.15) is 0 Å². The van der Waals surface area contributed by atoms with E-state index in [4.69, 9.17) is 33.7 Å². The molecule has 0 aromatic heterocycles. The van der Waals surface area contributed by atoms with E-state index in [-0.39, 0.29) is 17.9 Å². The molecule has 0 spiro atoms. The van der Waals surface area contributed by atoms with Crippen LogP contribution in [0.1, 0.15) is 21.5 Å². The van der Waals surface area contributed by atoms with Crippen LogP contribution >= 0.6 is 23.2 Å². The Kier molecular flexibility index (Phi) is 4.70. The molecule has 0 radical (unpaired) electrons. The van der Waals surface area contributed by atoms with Gasteiger partial charge in [-0.05, 0) is 25.1 Å². The first kappa shape index (κ1) is 15.6. The first-order chi connectivity index (χ1) is 9.90. The van der Waals surface area contributed by atoms with E-state index >= 15 is 0 Å². The predicted molar refractivity (Wildman–Crippen MR) is 81.1 cm³/mol. The lowest BCUT2D eigenvalue weighted by molar-refractivity contribution is 0.0472. The summed E-state index contributed by atoms with van der Waals surface area (Å²) in [4.78, 5) is 11.9. The van der Waals surface area contributed by atoms with Gasteiger partial charge < -0.3 is 10.5 Å². The molecule has 2 rings (SSSR count). The number of carbonyl (C=O) groups is 1. The van der Waals surface area contributed by atoms with E-state index in [2.05, 4.69) is 0 Å². The van der Waals surface area contributed by atoms with Gasteiger partial charge in [0.1, 0.15) is 12.4 Å². The highest BCUT2D eigenvalue weighted by molar-refractivity contribution is 6.42. The lowest BCUT2D eigenvalue weighted by Crippen LogP contribution is -2.08. The molecule has 0 aliphatic rings. The number of halogens is 3. The molecule has 3 nitrogen and oxygen atoms in total. The zero-order valence-electron chi connectivity index (χ0n) is 11.1. The van der Waals surface area contributed by atoms with Gasteiger partial charge in [0.2, 0.25) is 0 Å². The molecule has 0 unspecified atom stereocenters. The summed E-state index contributed by atoms with van der Waals surface area (Å²) in [5, 5.41) is 0.692. The summed E-state index contributed by atoms with van der Waals surface area (Å²) in [6.45, 7) is 1.47. The number of anilines is 1. The molecule has 0 amide bonds. The number of nitrogen functional groups attached to an aromatic ring is 1. The van der Waals surface area contributed by atoms with Crippen molar-refractivity contribution in [1.82, 2.24) is 0 Å². The molecule has 6 heteroatoms. The van der Waals surface area contributed by atoms with Crippen LogP contribution < -0.4 is 5.73 Å². The van der Waals surface area contributed by atoms with Crippen molar-refractivity contribution in [3.05, 3.63) is 62.9 Å². The number of nitrogens with two attached hydrogens (primary N) is 1. The SMILES string of the molecule is Cc1c(N)cc(C(=O)OCc2cccc(Cl)c2Cl)cc1F. The van der Waals surface area contributed by atoms with Gasteiger partial charge in [0.05, 0.1) is 15.6 Å². The number of hydrogen-bond acceptors (Lipinski definition) is 3. The second-order valence-electron chi connectivity index (χ2n) is 4.46. The third kappa shape index (κ3) is 3.46. The Bertz CT molecular complexity index is 681. The molecule has 2 aromatic rings. The largest absolute Gasteiger partial charge is 0.457 e. The van der Waals surface area contributed by atoms with E-state index in [9.17, 15) is 9.18 Å². The second kappa shape index (κ2) is 6.33. The van der Waals surface area contributed by atoms with Gasteiger partial charge in [-0.15, -0.1) is 0 Å². The fourth-order valence-corrected chi connectivity index (χ4v) is 2.08. The average Bonchev–Trinajstić information content (AvgIpc) is 2.45. The minimum absolute atomic E-state index is 0.0498. The van der Waals surface area contributed by atoms with E-state index in [1.54, 1.807) is 18.2 Å². The van der Waals surface area contributed by atoms with Crippen LogP contribution in [0.4, 0.5) is 10.1 Å². The molecule has 0 saturated heterocycles. The Balaban J connectivity index is 2.14. The minimum atomic E-state index is -0.684. The van der Waals surface area contributed by atoms with Crippen LogP contribution in [0.15, 0.2) is 30.3 Å². The number of carbonyl (C=O) groups excluding carboxylic acids is 1. The van der Waals surface area contributed by atoms with Crippen LogP contribution in [0.3, 0.4) is 0 Å². The molecular weight excluding hydrogens is 316 g/mol. The van der Waals surface area contributed by atoms with Crippen LogP contribution in [0.2, 0.25) is 10.0 Å². The highest BCUT2D eigenvalue weighted by atomic mass is 35.5. The van der Waals surface area contributed by atoms with E-state index in [1.165, 1.54) is 13.0 Å². The van der Waals surface area contributed by atoms with Crippen molar-refractivity contribution in [1.29, 1.82) is 0 Å². The normalized spacial score (nSPS) is 10.5. The fraction of sp³-hybridized carbons (Fsp3) is 0.133. The molecule has 110 valence electrons. The van der Waals surface area contributed by atoms with Crippen molar-refractivity contribution in [3.8, 4) is 0 Å². The molecule has 21 heavy (non-hydrogen) atoms. The molecular formula is C15H12Cl2FNO2. The highest BCUT2D eigenvalue weighted by Gasteiger charge is 2.13. The maximum Gasteiger partial charge on any atom is 0.338 e. The summed E-state index contributed by atoms with van der Waals surface area (Å²) in [5.41, 5.74) is 6.73. The third-order valence-electron chi connectivity index (χ3n) is 3.01. The van der Waals surface area contributed by atoms with Crippen molar-refractivity contribution in [2.75, 3.05) is 5.73 Å². The van der Waals surface area contributed by atoms with Gasteiger partial charge in [-0.3, -0.25) is 0 Å². The second-order valence-corrected chi connectivity index (χ2v) is 5.25. The molecule has 0 atom stereocenters. The lowest BCUT2D eigenvalue weighted by Gasteiger charge is -2.09. The van der Waals surface area contributed by atoms with Gasteiger partial charge in [0.15, 0.2) is 0 Å².